The molecule has 0 aliphatic rings. The van der Waals surface area contributed by atoms with E-state index in [1.54, 1.807) is 0 Å². The van der Waals surface area contributed by atoms with E-state index in [2.05, 4.69) is 22.5 Å². The summed E-state index contributed by atoms with van der Waals surface area (Å²) in [7, 11) is 0. The Morgan fingerprint density at radius 1 is 1.38 bits per heavy atom. The average Bonchev–Trinajstić information content (AvgIpc) is 2.10. The zero-order valence-corrected chi connectivity index (χ0v) is 9.68. The fraction of sp³-hybridized carbons (Fsp3) is 0.111. The second-order valence-corrected chi connectivity index (χ2v) is 3.86. The van der Waals surface area contributed by atoms with Crippen molar-refractivity contribution in [3.8, 4) is 0 Å². The van der Waals surface area contributed by atoms with Gasteiger partial charge in [0.25, 0.3) is 0 Å². The van der Waals surface area contributed by atoms with E-state index in [1.165, 1.54) is 12.1 Å². The number of allylic oxidation sites excluding steroid dienone is 1. The van der Waals surface area contributed by atoms with Crippen LogP contribution in [-0.2, 0) is 0 Å². The first-order valence-electron chi connectivity index (χ1n) is 3.45. The van der Waals surface area contributed by atoms with Gasteiger partial charge in [-0.15, -0.1) is 0 Å². The Balaban J connectivity index is 3.23. The predicted molar refractivity (Wildman–Crippen MR) is 59.2 cm³/mol. The van der Waals surface area contributed by atoms with E-state index in [4.69, 9.17) is 23.2 Å². The van der Waals surface area contributed by atoms with Crippen LogP contribution in [-0.4, -0.2) is 5.33 Å². The average molecular weight is 284 g/mol. The molecule has 1 rings (SSSR count). The maximum atomic E-state index is 13.0. The summed E-state index contributed by atoms with van der Waals surface area (Å²) in [6, 6.07) is 2.66. The van der Waals surface area contributed by atoms with Crippen LogP contribution in [0.2, 0.25) is 10.0 Å². The van der Waals surface area contributed by atoms with Crippen molar-refractivity contribution in [2.45, 2.75) is 0 Å². The van der Waals surface area contributed by atoms with Crippen LogP contribution in [0.3, 0.4) is 0 Å². The summed E-state index contributed by atoms with van der Waals surface area (Å²) in [5.41, 5.74) is 1.31. The minimum absolute atomic E-state index is 0.0242. The van der Waals surface area contributed by atoms with Gasteiger partial charge < -0.3 is 0 Å². The molecule has 1 aromatic rings. The monoisotopic (exact) mass is 282 g/mol. The van der Waals surface area contributed by atoms with Crippen molar-refractivity contribution in [1.82, 2.24) is 0 Å². The van der Waals surface area contributed by atoms with Crippen LogP contribution in [0.5, 0.6) is 0 Å². The van der Waals surface area contributed by atoms with Gasteiger partial charge in [0.15, 0.2) is 0 Å². The summed E-state index contributed by atoms with van der Waals surface area (Å²) in [5, 5.41) is 0.986. The molecular formula is C9H6BrCl2F. The Morgan fingerprint density at radius 3 is 2.54 bits per heavy atom. The van der Waals surface area contributed by atoms with E-state index in [0.29, 0.717) is 15.9 Å². The van der Waals surface area contributed by atoms with E-state index < -0.39 is 5.82 Å². The first-order chi connectivity index (χ1) is 6.06. The highest BCUT2D eigenvalue weighted by Gasteiger charge is 2.08. The van der Waals surface area contributed by atoms with Gasteiger partial charge in [-0.05, 0) is 23.3 Å². The lowest BCUT2D eigenvalue weighted by molar-refractivity contribution is 0.628. The Morgan fingerprint density at radius 2 is 2.00 bits per heavy atom. The smallest absolute Gasteiger partial charge is 0.142 e. The molecule has 0 spiro atoms. The third-order valence-electron chi connectivity index (χ3n) is 1.55. The molecule has 13 heavy (non-hydrogen) atoms. The molecule has 0 saturated heterocycles. The highest BCUT2D eigenvalue weighted by molar-refractivity contribution is 9.09. The van der Waals surface area contributed by atoms with Crippen molar-refractivity contribution in [1.29, 1.82) is 0 Å². The van der Waals surface area contributed by atoms with Crippen LogP contribution in [0.25, 0.3) is 5.57 Å². The van der Waals surface area contributed by atoms with Gasteiger partial charge in [0, 0.05) is 10.4 Å². The van der Waals surface area contributed by atoms with Gasteiger partial charge in [-0.3, -0.25) is 0 Å². The van der Waals surface area contributed by atoms with Crippen LogP contribution < -0.4 is 0 Å². The molecule has 70 valence electrons. The lowest BCUT2D eigenvalue weighted by atomic mass is 10.1. The fourth-order valence-corrected chi connectivity index (χ4v) is 1.68. The van der Waals surface area contributed by atoms with E-state index in [-0.39, 0.29) is 5.02 Å². The van der Waals surface area contributed by atoms with Crippen LogP contribution in [0.15, 0.2) is 18.7 Å². The molecule has 0 aromatic heterocycles. The van der Waals surface area contributed by atoms with Gasteiger partial charge in [-0.1, -0.05) is 45.7 Å². The molecule has 0 N–H and O–H groups in total. The normalized spacial score (nSPS) is 10.2. The van der Waals surface area contributed by atoms with Crippen LogP contribution in [0.1, 0.15) is 5.56 Å². The van der Waals surface area contributed by atoms with Gasteiger partial charge in [0.2, 0.25) is 0 Å². The summed E-state index contributed by atoms with van der Waals surface area (Å²) in [6.07, 6.45) is 0. The van der Waals surface area contributed by atoms with Gasteiger partial charge in [-0.25, -0.2) is 4.39 Å². The van der Waals surface area contributed by atoms with E-state index in [1.807, 2.05) is 0 Å². The zero-order chi connectivity index (χ0) is 10.0. The first-order valence-corrected chi connectivity index (χ1v) is 5.32. The summed E-state index contributed by atoms with van der Waals surface area (Å²) >= 11 is 14.6. The highest BCUT2D eigenvalue weighted by atomic mass is 79.9. The minimum Gasteiger partial charge on any atom is -0.205 e. The van der Waals surface area contributed by atoms with Crippen LogP contribution in [0, 0.1) is 5.82 Å². The summed E-state index contributed by atoms with van der Waals surface area (Å²) in [4.78, 5) is 0. The van der Waals surface area contributed by atoms with Gasteiger partial charge >= 0.3 is 0 Å². The quantitative estimate of drug-likeness (QED) is 0.552. The molecule has 0 saturated carbocycles. The first kappa shape index (κ1) is 11.0. The second-order valence-electron chi connectivity index (χ2n) is 2.48. The number of hydrogen-bond donors (Lipinski definition) is 0. The van der Waals surface area contributed by atoms with Gasteiger partial charge in [0.1, 0.15) is 5.82 Å². The third-order valence-corrected chi connectivity index (χ3v) is 2.83. The number of alkyl halides is 1. The number of halogens is 4. The SMILES string of the molecule is C=C(CBr)c1cc(F)c(Cl)cc1Cl. The fourth-order valence-electron chi connectivity index (χ4n) is 0.865. The molecule has 0 atom stereocenters. The summed E-state index contributed by atoms with van der Waals surface area (Å²) < 4.78 is 13.0. The molecule has 0 unspecified atom stereocenters. The topological polar surface area (TPSA) is 0 Å². The number of benzene rings is 1. The molecule has 0 heterocycles. The van der Waals surface area contributed by atoms with E-state index in [9.17, 15) is 4.39 Å². The van der Waals surface area contributed by atoms with Crippen molar-refractivity contribution >= 4 is 44.7 Å². The van der Waals surface area contributed by atoms with Crippen molar-refractivity contribution in [3.05, 3.63) is 40.1 Å². The van der Waals surface area contributed by atoms with Crippen molar-refractivity contribution in [2.24, 2.45) is 0 Å². The maximum Gasteiger partial charge on any atom is 0.142 e. The molecule has 0 radical (unpaired) electrons. The molecule has 0 bridgehead atoms. The third kappa shape index (κ3) is 2.46. The Hall–Kier alpha value is -0.0500. The van der Waals surface area contributed by atoms with Crippen molar-refractivity contribution < 1.29 is 4.39 Å². The van der Waals surface area contributed by atoms with Crippen molar-refractivity contribution in [2.75, 3.05) is 5.33 Å². The largest absolute Gasteiger partial charge is 0.205 e. The molecule has 0 amide bonds. The molecule has 4 heteroatoms. The van der Waals surface area contributed by atoms with Gasteiger partial charge in [-0.2, -0.15) is 0 Å². The molecule has 0 nitrogen and oxygen atoms in total. The predicted octanol–water partition coefficient (Wildman–Crippen LogP) is 4.54. The summed E-state index contributed by atoms with van der Waals surface area (Å²) in [6.45, 7) is 3.73. The number of rotatable bonds is 2. The highest BCUT2D eigenvalue weighted by Crippen LogP contribution is 2.29. The van der Waals surface area contributed by atoms with E-state index >= 15 is 0 Å². The lowest BCUT2D eigenvalue weighted by Crippen LogP contribution is -1.88. The second kappa shape index (κ2) is 4.45. The standard InChI is InChI=1S/C9H6BrCl2F/c1-5(4-10)6-2-9(13)8(12)3-7(6)11/h2-3H,1,4H2. The Bertz CT molecular complexity index is 350. The Labute approximate surface area is 94.5 Å². The number of hydrogen-bond acceptors (Lipinski definition) is 0. The molecule has 0 aliphatic carbocycles. The molecule has 0 aliphatic heterocycles. The minimum atomic E-state index is -0.483. The summed E-state index contributed by atoms with van der Waals surface area (Å²) in [5.74, 6) is -0.483. The zero-order valence-electron chi connectivity index (χ0n) is 6.58. The molecular weight excluding hydrogens is 278 g/mol. The maximum absolute atomic E-state index is 13.0. The Kier molecular flexibility index (Phi) is 3.77. The lowest BCUT2D eigenvalue weighted by Gasteiger charge is -2.05. The van der Waals surface area contributed by atoms with Crippen molar-refractivity contribution in [3.63, 3.8) is 0 Å². The van der Waals surface area contributed by atoms with E-state index in [0.717, 1.165) is 5.57 Å². The van der Waals surface area contributed by atoms with Crippen LogP contribution in [0.4, 0.5) is 4.39 Å². The molecule has 1 aromatic carbocycles. The van der Waals surface area contributed by atoms with Gasteiger partial charge in [0.05, 0.1) is 5.02 Å². The molecule has 0 fully saturated rings. The van der Waals surface area contributed by atoms with Crippen LogP contribution >= 0.6 is 39.1 Å².